The minimum Gasteiger partial charge on any atom is -0.449 e. The lowest BCUT2D eigenvalue weighted by molar-refractivity contribution is -0.151. The first-order valence-electron chi connectivity index (χ1n) is 9.96. The van der Waals surface area contributed by atoms with Crippen LogP contribution in [-0.2, 0) is 24.3 Å². The number of esters is 1. The van der Waals surface area contributed by atoms with Crippen molar-refractivity contribution in [1.82, 2.24) is 9.21 Å². The molecule has 1 fully saturated rings. The predicted octanol–water partition coefficient (Wildman–Crippen LogP) is 2.04. The van der Waals surface area contributed by atoms with Crippen molar-refractivity contribution >= 4 is 21.9 Å². The van der Waals surface area contributed by atoms with Gasteiger partial charge < -0.3 is 14.4 Å². The Balaban J connectivity index is 2.19. The van der Waals surface area contributed by atoms with Crippen molar-refractivity contribution in [2.24, 2.45) is 0 Å². The minimum absolute atomic E-state index is 0.153. The Hall–Kier alpha value is -2.04. The Labute approximate surface area is 177 Å². The van der Waals surface area contributed by atoms with Crippen molar-refractivity contribution in [1.29, 1.82) is 0 Å². The fraction of sp³-hybridized carbons (Fsp3) is 0.600. The van der Waals surface area contributed by atoms with Gasteiger partial charge in [-0.1, -0.05) is 13.8 Å². The molecule has 0 aromatic heterocycles. The SMILES string of the molecule is CCN(CC)S(=O)(=O)c1ccc(F)c(C(=O)OC(C)C(=O)N2CC(C)OC(C)C2)c1. The van der Waals surface area contributed by atoms with E-state index in [1.165, 1.54) is 16.1 Å². The molecule has 0 spiro atoms. The second-order valence-electron chi connectivity index (χ2n) is 7.28. The number of sulfonamides is 1. The third-order valence-corrected chi connectivity index (χ3v) is 6.91. The van der Waals surface area contributed by atoms with Crippen molar-refractivity contribution in [3.8, 4) is 0 Å². The minimum atomic E-state index is -3.88. The molecule has 0 N–H and O–H groups in total. The van der Waals surface area contributed by atoms with Crippen LogP contribution in [0.25, 0.3) is 0 Å². The van der Waals surface area contributed by atoms with Gasteiger partial charge in [-0.25, -0.2) is 17.6 Å². The van der Waals surface area contributed by atoms with E-state index in [0.717, 1.165) is 18.2 Å². The summed E-state index contributed by atoms with van der Waals surface area (Å²) in [5, 5.41) is 0. The summed E-state index contributed by atoms with van der Waals surface area (Å²) in [6.45, 7) is 9.62. The number of ether oxygens (including phenoxy) is 2. The van der Waals surface area contributed by atoms with Gasteiger partial charge in [0, 0.05) is 26.2 Å². The molecule has 1 aliphatic heterocycles. The zero-order valence-corrected chi connectivity index (χ0v) is 18.7. The summed E-state index contributed by atoms with van der Waals surface area (Å²) < 4.78 is 51.5. The Morgan fingerprint density at radius 3 is 2.33 bits per heavy atom. The number of nitrogens with zero attached hydrogens (tertiary/aromatic N) is 2. The van der Waals surface area contributed by atoms with Gasteiger partial charge in [-0.2, -0.15) is 4.31 Å². The van der Waals surface area contributed by atoms with E-state index in [4.69, 9.17) is 9.47 Å². The summed E-state index contributed by atoms with van der Waals surface area (Å²) >= 11 is 0. The lowest BCUT2D eigenvalue weighted by Crippen LogP contribution is -2.51. The molecule has 1 aromatic rings. The van der Waals surface area contributed by atoms with Crippen molar-refractivity contribution in [3.63, 3.8) is 0 Å². The van der Waals surface area contributed by atoms with Crippen LogP contribution in [0.4, 0.5) is 4.39 Å². The number of rotatable bonds is 7. The maximum absolute atomic E-state index is 14.3. The van der Waals surface area contributed by atoms with E-state index in [1.54, 1.807) is 13.8 Å². The highest BCUT2D eigenvalue weighted by Gasteiger charge is 2.31. The monoisotopic (exact) mass is 444 g/mol. The van der Waals surface area contributed by atoms with Gasteiger partial charge in [0.2, 0.25) is 10.0 Å². The lowest BCUT2D eigenvalue weighted by Gasteiger charge is -2.36. The van der Waals surface area contributed by atoms with E-state index in [-0.39, 0.29) is 30.2 Å². The van der Waals surface area contributed by atoms with Crippen LogP contribution in [0, 0.1) is 5.82 Å². The fourth-order valence-corrected chi connectivity index (χ4v) is 4.91. The van der Waals surface area contributed by atoms with E-state index in [0.29, 0.717) is 13.1 Å². The van der Waals surface area contributed by atoms with Gasteiger partial charge in [-0.3, -0.25) is 4.79 Å². The van der Waals surface area contributed by atoms with E-state index in [2.05, 4.69) is 0 Å². The first-order valence-corrected chi connectivity index (χ1v) is 11.4. The van der Waals surface area contributed by atoms with Crippen molar-refractivity contribution in [3.05, 3.63) is 29.6 Å². The molecule has 168 valence electrons. The van der Waals surface area contributed by atoms with E-state index in [1.807, 2.05) is 13.8 Å². The number of hydrogen-bond donors (Lipinski definition) is 0. The standard InChI is InChI=1S/C20H29FN2O6S/c1-6-23(7-2)30(26,27)16-8-9-18(21)17(10-16)20(25)29-15(5)19(24)22-11-13(3)28-14(4)12-22/h8-10,13-15H,6-7,11-12H2,1-5H3. The third-order valence-electron chi connectivity index (χ3n) is 4.86. The fourth-order valence-electron chi connectivity index (χ4n) is 3.42. The Kier molecular flexibility index (Phi) is 7.95. The normalized spacial score (nSPS) is 20.8. The Morgan fingerprint density at radius 2 is 1.80 bits per heavy atom. The van der Waals surface area contributed by atoms with Crippen LogP contribution in [0.2, 0.25) is 0 Å². The number of carbonyl (C=O) groups is 2. The van der Waals surface area contributed by atoms with E-state index < -0.39 is 39.4 Å². The zero-order valence-electron chi connectivity index (χ0n) is 17.9. The number of carbonyl (C=O) groups excluding carboxylic acids is 2. The van der Waals surface area contributed by atoms with Crippen LogP contribution in [0.3, 0.4) is 0 Å². The maximum atomic E-state index is 14.3. The van der Waals surface area contributed by atoms with E-state index in [9.17, 15) is 22.4 Å². The number of halogens is 1. The van der Waals surface area contributed by atoms with Gasteiger partial charge in [0.05, 0.1) is 22.7 Å². The van der Waals surface area contributed by atoms with Gasteiger partial charge in [0.15, 0.2) is 6.10 Å². The van der Waals surface area contributed by atoms with Gasteiger partial charge in [-0.15, -0.1) is 0 Å². The first-order chi connectivity index (χ1) is 14.0. The largest absolute Gasteiger partial charge is 0.449 e. The maximum Gasteiger partial charge on any atom is 0.341 e. The molecule has 0 bridgehead atoms. The summed E-state index contributed by atoms with van der Waals surface area (Å²) in [4.78, 5) is 26.5. The topological polar surface area (TPSA) is 93.2 Å². The Bertz CT molecular complexity index is 877. The molecule has 3 unspecified atom stereocenters. The molecule has 10 heteroatoms. The molecular formula is C20H29FN2O6S. The van der Waals surface area contributed by atoms with Crippen LogP contribution in [0.15, 0.2) is 23.1 Å². The van der Waals surface area contributed by atoms with Gasteiger partial charge >= 0.3 is 5.97 Å². The van der Waals surface area contributed by atoms with Gasteiger partial charge in [-0.05, 0) is 39.0 Å². The quantitative estimate of drug-likeness (QED) is 0.598. The van der Waals surface area contributed by atoms with Crippen LogP contribution >= 0.6 is 0 Å². The molecule has 0 aliphatic carbocycles. The van der Waals surface area contributed by atoms with Crippen LogP contribution < -0.4 is 0 Å². The highest BCUT2D eigenvalue weighted by atomic mass is 32.2. The number of amides is 1. The van der Waals surface area contributed by atoms with E-state index >= 15 is 0 Å². The molecule has 0 radical (unpaired) electrons. The van der Waals surface area contributed by atoms with Crippen molar-refractivity contribution < 1.29 is 31.9 Å². The molecule has 2 rings (SSSR count). The molecule has 1 saturated heterocycles. The summed E-state index contributed by atoms with van der Waals surface area (Å²) in [6, 6.07) is 2.96. The summed E-state index contributed by atoms with van der Waals surface area (Å²) in [5.74, 6) is -2.44. The second kappa shape index (κ2) is 9.84. The first kappa shape index (κ1) is 24.2. The lowest BCUT2D eigenvalue weighted by atomic mass is 10.2. The summed E-state index contributed by atoms with van der Waals surface area (Å²) in [6.07, 6.45) is -1.46. The van der Waals surface area contributed by atoms with Crippen LogP contribution in [0.1, 0.15) is 45.0 Å². The number of hydrogen-bond acceptors (Lipinski definition) is 6. The molecule has 1 heterocycles. The van der Waals surface area contributed by atoms with Gasteiger partial charge in [0.25, 0.3) is 5.91 Å². The second-order valence-corrected chi connectivity index (χ2v) is 9.22. The molecule has 1 aliphatic rings. The van der Waals surface area contributed by atoms with Crippen molar-refractivity contribution in [2.75, 3.05) is 26.2 Å². The molecule has 3 atom stereocenters. The average molecular weight is 445 g/mol. The molecule has 8 nitrogen and oxygen atoms in total. The zero-order chi connectivity index (χ0) is 22.6. The average Bonchev–Trinajstić information content (AvgIpc) is 2.67. The van der Waals surface area contributed by atoms with Gasteiger partial charge in [0.1, 0.15) is 5.82 Å². The van der Waals surface area contributed by atoms with Crippen molar-refractivity contribution in [2.45, 2.75) is 57.8 Å². The van der Waals surface area contributed by atoms with Crippen LogP contribution in [0.5, 0.6) is 0 Å². The third kappa shape index (κ3) is 5.35. The summed E-state index contributed by atoms with van der Waals surface area (Å²) in [5.41, 5.74) is -0.536. The number of benzene rings is 1. The molecule has 1 amide bonds. The highest BCUT2D eigenvalue weighted by Crippen LogP contribution is 2.21. The Morgan fingerprint density at radius 1 is 1.23 bits per heavy atom. The predicted molar refractivity (Wildman–Crippen MR) is 108 cm³/mol. The molecular weight excluding hydrogens is 415 g/mol. The molecule has 30 heavy (non-hydrogen) atoms. The highest BCUT2D eigenvalue weighted by molar-refractivity contribution is 7.89. The number of morpholine rings is 1. The molecule has 1 aromatic carbocycles. The molecule has 0 saturated carbocycles. The smallest absolute Gasteiger partial charge is 0.341 e. The summed E-state index contributed by atoms with van der Waals surface area (Å²) in [7, 11) is -3.88. The van der Waals surface area contributed by atoms with Crippen LogP contribution in [-0.4, -0.2) is 74.0 Å².